The van der Waals surface area contributed by atoms with Crippen molar-refractivity contribution in [2.75, 3.05) is 0 Å². The van der Waals surface area contributed by atoms with Crippen LogP contribution in [0.2, 0.25) is 0 Å². The van der Waals surface area contributed by atoms with Gasteiger partial charge >= 0.3 is 0 Å². The lowest BCUT2D eigenvalue weighted by Gasteiger charge is -2.09. The van der Waals surface area contributed by atoms with Gasteiger partial charge in [-0.05, 0) is 38.8 Å². The summed E-state index contributed by atoms with van der Waals surface area (Å²) in [6, 6.07) is 3.85. The van der Waals surface area contributed by atoms with E-state index in [1.54, 1.807) is 4.57 Å². The lowest BCUT2D eigenvalue weighted by atomic mass is 10.1. The molecule has 0 radical (unpaired) electrons. The molecule has 2 aromatic rings. The number of hydrogen-bond acceptors (Lipinski definition) is 5. The second-order valence-electron chi connectivity index (χ2n) is 4.93. The van der Waals surface area contributed by atoms with E-state index in [2.05, 4.69) is 15.2 Å². The maximum atomic E-state index is 11.6. The zero-order valence-electron chi connectivity index (χ0n) is 11.0. The summed E-state index contributed by atoms with van der Waals surface area (Å²) < 4.78 is 24.8. The normalized spacial score (nSPS) is 15.6. The first kappa shape index (κ1) is 13.5. The standard InChI is InChI=1S/C12H13ClN4O2S/c1-7-3-6-10(8(2)14-7)11-15-16-12(20(13,18)19)17(11)9-4-5-9/h3,6,9H,4-5H2,1-2H3. The number of nitrogens with zero attached hydrogens (tertiary/aromatic N) is 4. The Hall–Kier alpha value is -1.47. The van der Waals surface area contributed by atoms with Crippen molar-refractivity contribution in [1.82, 2.24) is 19.7 Å². The summed E-state index contributed by atoms with van der Waals surface area (Å²) in [5.41, 5.74) is 2.47. The average Bonchev–Trinajstić information content (AvgIpc) is 3.07. The molecule has 1 aliphatic carbocycles. The summed E-state index contributed by atoms with van der Waals surface area (Å²) >= 11 is 0. The van der Waals surface area contributed by atoms with Crippen molar-refractivity contribution in [2.45, 2.75) is 37.9 Å². The summed E-state index contributed by atoms with van der Waals surface area (Å²) in [4.78, 5) is 4.38. The summed E-state index contributed by atoms with van der Waals surface area (Å²) in [6.45, 7) is 3.76. The van der Waals surface area contributed by atoms with Gasteiger partial charge < -0.3 is 0 Å². The van der Waals surface area contributed by atoms with Gasteiger partial charge in [0.25, 0.3) is 14.2 Å². The minimum absolute atomic E-state index is 0.101. The molecule has 8 heteroatoms. The number of aryl methyl sites for hydroxylation is 2. The van der Waals surface area contributed by atoms with Crippen LogP contribution in [0, 0.1) is 13.8 Å². The average molecular weight is 313 g/mol. The molecule has 0 spiro atoms. The minimum Gasteiger partial charge on any atom is -0.294 e. The highest BCUT2D eigenvalue weighted by Crippen LogP contribution is 2.40. The molecule has 2 aromatic heterocycles. The lowest BCUT2D eigenvalue weighted by Crippen LogP contribution is -2.07. The molecular weight excluding hydrogens is 300 g/mol. The summed E-state index contributed by atoms with van der Waals surface area (Å²) in [7, 11) is 1.53. The van der Waals surface area contributed by atoms with E-state index >= 15 is 0 Å². The molecule has 1 aliphatic rings. The van der Waals surface area contributed by atoms with Crippen molar-refractivity contribution < 1.29 is 8.42 Å². The SMILES string of the molecule is Cc1ccc(-c2nnc(S(=O)(=O)Cl)n2C2CC2)c(C)n1. The summed E-state index contributed by atoms with van der Waals surface area (Å²) in [5, 5.41) is 7.58. The Morgan fingerprint density at radius 3 is 2.50 bits per heavy atom. The maximum absolute atomic E-state index is 11.6. The molecule has 0 bridgehead atoms. The zero-order valence-corrected chi connectivity index (χ0v) is 12.6. The first-order valence-electron chi connectivity index (χ1n) is 6.22. The third-order valence-corrected chi connectivity index (χ3v) is 4.39. The molecule has 0 amide bonds. The summed E-state index contributed by atoms with van der Waals surface area (Å²) in [6.07, 6.45) is 1.81. The van der Waals surface area contributed by atoms with Gasteiger partial charge in [-0.25, -0.2) is 8.42 Å². The van der Waals surface area contributed by atoms with Crippen molar-refractivity contribution in [3.05, 3.63) is 23.5 Å². The second kappa shape index (κ2) is 4.53. The Bertz CT molecular complexity index is 781. The Morgan fingerprint density at radius 2 is 1.95 bits per heavy atom. The van der Waals surface area contributed by atoms with E-state index in [0.29, 0.717) is 5.82 Å². The molecule has 0 aliphatic heterocycles. The highest BCUT2D eigenvalue weighted by atomic mass is 35.7. The van der Waals surface area contributed by atoms with Crippen LogP contribution in [0.3, 0.4) is 0 Å². The van der Waals surface area contributed by atoms with Gasteiger partial charge in [-0.1, -0.05) is 0 Å². The van der Waals surface area contributed by atoms with Crippen LogP contribution in [0.1, 0.15) is 30.3 Å². The van der Waals surface area contributed by atoms with Crippen molar-refractivity contribution in [3.8, 4) is 11.4 Å². The minimum atomic E-state index is -3.91. The number of halogens is 1. The lowest BCUT2D eigenvalue weighted by molar-refractivity contribution is 0.579. The van der Waals surface area contributed by atoms with Gasteiger partial charge in [-0.15, -0.1) is 10.2 Å². The molecule has 0 N–H and O–H groups in total. The predicted octanol–water partition coefficient (Wildman–Crippen LogP) is 2.22. The largest absolute Gasteiger partial charge is 0.296 e. The van der Waals surface area contributed by atoms with Crippen LogP contribution in [-0.2, 0) is 9.05 Å². The van der Waals surface area contributed by atoms with Gasteiger partial charge in [-0.3, -0.25) is 9.55 Å². The third-order valence-electron chi connectivity index (χ3n) is 3.26. The van der Waals surface area contributed by atoms with Crippen LogP contribution < -0.4 is 0 Å². The van der Waals surface area contributed by atoms with Crippen LogP contribution in [0.5, 0.6) is 0 Å². The molecule has 6 nitrogen and oxygen atoms in total. The van der Waals surface area contributed by atoms with E-state index in [1.807, 2.05) is 26.0 Å². The van der Waals surface area contributed by atoms with Crippen LogP contribution >= 0.6 is 10.7 Å². The molecular formula is C12H13ClN4O2S. The molecule has 3 rings (SSSR count). The van der Waals surface area contributed by atoms with Crippen molar-refractivity contribution in [1.29, 1.82) is 0 Å². The van der Waals surface area contributed by atoms with Gasteiger partial charge in [-0.2, -0.15) is 0 Å². The van der Waals surface area contributed by atoms with E-state index in [-0.39, 0.29) is 11.2 Å². The van der Waals surface area contributed by atoms with E-state index in [4.69, 9.17) is 10.7 Å². The quantitative estimate of drug-likeness (QED) is 0.812. The monoisotopic (exact) mass is 312 g/mol. The van der Waals surface area contributed by atoms with Gasteiger partial charge in [0.05, 0.1) is 0 Å². The van der Waals surface area contributed by atoms with E-state index in [0.717, 1.165) is 29.8 Å². The van der Waals surface area contributed by atoms with E-state index in [9.17, 15) is 8.42 Å². The molecule has 0 saturated heterocycles. The predicted molar refractivity (Wildman–Crippen MR) is 74.0 cm³/mol. The Kier molecular flexibility index (Phi) is 3.06. The Labute approximate surface area is 121 Å². The zero-order chi connectivity index (χ0) is 14.5. The number of rotatable bonds is 3. The van der Waals surface area contributed by atoms with Gasteiger partial charge in [0.2, 0.25) is 0 Å². The molecule has 0 unspecified atom stereocenters. The molecule has 0 aromatic carbocycles. The first-order valence-corrected chi connectivity index (χ1v) is 8.53. The molecule has 106 valence electrons. The highest BCUT2D eigenvalue weighted by Gasteiger charge is 2.34. The topological polar surface area (TPSA) is 77.7 Å². The molecule has 2 heterocycles. The Balaban J connectivity index is 2.22. The van der Waals surface area contributed by atoms with Crippen LogP contribution in [0.15, 0.2) is 17.3 Å². The van der Waals surface area contributed by atoms with Gasteiger partial charge in [0.15, 0.2) is 5.82 Å². The molecule has 20 heavy (non-hydrogen) atoms. The number of hydrogen-bond donors (Lipinski definition) is 0. The number of aromatic nitrogens is 4. The molecule has 1 saturated carbocycles. The van der Waals surface area contributed by atoms with Crippen LogP contribution in [0.25, 0.3) is 11.4 Å². The Morgan fingerprint density at radius 1 is 1.25 bits per heavy atom. The van der Waals surface area contributed by atoms with Crippen molar-refractivity contribution in [3.63, 3.8) is 0 Å². The van der Waals surface area contributed by atoms with E-state index in [1.165, 1.54) is 0 Å². The van der Waals surface area contributed by atoms with Crippen molar-refractivity contribution in [2.24, 2.45) is 0 Å². The van der Waals surface area contributed by atoms with E-state index < -0.39 is 9.05 Å². The van der Waals surface area contributed by atoms with Crippen LogP contribution in [-0.4, -0.2) is 28.2 Å². The molecule has 1 fully saturated rings. The van der Waals surface area contributed by atoms with Crippen LogP contribution in [0.4, 0.5) is 0 Å². The first-order chi connectivity index (χ1) is 9.38. The van der Waals surface area contributed by atoms with Crippen molar-refractivity contribution >= 4 is 19.7 Å². The highest BCUT2D eigenvalue weighted by molar-refractivity contribution is 8.13. The second-order valence-corrected chi connectivity index (χ2v) is 7.39. The van der Waals surface area contributed by atoms with Gasteiger partial charge in [0, 0.05) is 33.7 Å². The summed E-state index contributed by atoms with van der Waals surface area (Å²) in [5.74, 6) is 0.511. The fraction of sp³-hybridized carbons (Fsp3) is 0.417. The third kappa shape index (κ3) is 2.31. The number of pyridine rings is 1. The fourth-order valence-corrected chi connectivity index (χ4v) is 3.14. The fourth-order valence-electron chi connectivity index (χ4n) is 2.21. The smallest absolute Gasteiger partial charge is 0.294 e. The molecule has 0 atom stereocenters. The van der Waals surface area contributed by atoms with Gasteiger partial charge in [0.1, 0.15) is 0 Å². The maximum Gasteiger partial charge on any atom is 0.296 e.